The molecule has 1 aromatic heterocycles. The molecule has 0 radical (unpaired) electrons. The van der Waals surface area contributed by atoms with E-state index in [0.717, 1.165) is 16.8 Å². The maximum atomic E-state index is 13.3. The summed E-state index contributed by atoms with van der Waals surface area (Å²) in [5, 5.41) is 4.52. The van der Waals surface area contributed by atoms with Crippen LogP contribution >= 0.6 is 11.8 Å². The van der Waals surface area contributed by atoms with Gasteiger partial charge in [-0.3, -0.25) is 0 Å². The number of rotatable bonds is 10. The number of allylic oxidation sites excluding steroid dienone is 5. The van der Waals surface area contributed by atoms with Gasteiger partial charge in [-0.25, -0.2) is 19.2 Å². The summed E-state index contributed by atoms with van der Waals surface area (Å²) in [7, 11) is 1.35. The Bertz CT molecular complexity index is 1120. The van der Waals surface area contributed by atoms with Crippen LogP contribution in [0.2, 0.25) is 0 Å². The minimum atomic E-state index is -0.393. The number of nitrogens with zero attached hydrogens (tertiary/aromatic N) is 2. The van der Waals surface area contributed by atoms with Crippen molar-refractivity contribution < 1.29 is 18.3 Å². The number of ether oxygens (including phenoxy) is 1. The normalized spacial score (nSPS) is 12.4. The maximum Gasteiger partial charge on any atom is 0.337 e. The second kappa shape index (κ2) is 13.3. The van der Waals surface area contributed by atoms with E-state index in [-0.39, 0.29) is 5.83 Å². The molecule has 1 aromatic carbocycles. The number of hydrogen-bond donors (Lipinski definition) is 1. The number of carbonyl (C=O) groups excluding carboxylic acids is 1. The highest BCUT2D eigenvalue weighted by Crippen LogP contribution is 2.30. The molecule has 8 heteroatoms. The number of esters is 1. The van der Waals surface area contributed by atoms with Crippen molar-refractivity contribution >= 4 is 34.0 Å². The lowest BCUT2D eigenvalue weighted by molar-refractivity contribution is 0.0600. The van der Waals surface area contributed by atoms with Gasteiger partial charge in [0.1, 0.15) is 10.7 Å². The van der Waals surface area contributed by atoms with Crippen LogP contribution in [0, 0.1) is 0 Å². The third-order valence-electron chi connectivity index (χ3n) is 4.42. The van der Waals surface area contributed by atoms with Gasteiger partial charge in [0.15, 0.2) is 5.09 Å². The van der Waals surface area contributed by atoms with Crippen molar-refractivity contribution in [2.75, 3.05) is 12.4 Å². The topological polar surface area (TPSA) is 76.7 Å². The van der Waals surface area contributed by atoms with Gasteiger partial charge in [0.05, 0.1) is 25.0 Å². The van der Waals surface area contributed by atoms with E-state index in [1.54, 1.807) is 42.6 Å². The van der Waals surface area contributed by atoms with Gasteiger partial charge in [-0.15, -0.1) is 0 Å². The third kappa shape index (κ3) is 8.19. The molecule has 34 heavy (non-hydrogen) atoms. The molecule has 0 aliphatic rings. The molecule has 2 aromatic rings. The van der Waals surface area contributed by atoms with Crippen LogP contribution in [0.15, 0.2) is 81.2 Å². The van der Waals surface area contributed by atoms with Gasteiger partial charge < -0.3 is 14.5 Å². The SMILES string of the molecule is C=CC(=NC=C(C)C)Sc1oc(/C(=C/C=C(\C)F)CC)nc1CNc1ccc(C(=O)OC)cc1. The molecule has 0 unspecified atom stereocenters. The minimum absolute atomic E-state index is 0.299. The standard InChI is InChI=1S/C26H30FN3O3S/c1-7-19(10-9-18(5)27)24-30-22(26(33-24)34-23(8-2)29-15-17(3)4)16-28-21-13-11-20(12-14-21)25(31)32-6/h8-15,28H,2,7,16H2,1,3-6H3/b18-9+,19-10+,29-23?. The van der Waals surface area contributed by atoms with Gasteiger partial charge in [0, 0.05) is 17.5 Å². The molecule has 1 heterocycles. The van der Waals surface area contributed by atoms with Gasteiger partial charge in [-0.2, -0.15) is 0 Å². The zero-order valence-electron chi connectivity index (χ0n) is 20.1. The number of aliphatic imine (C=N–C) groups is 1. The number of thioether (sulfide) groups is 1. The van der Waals surface area contributed by atoms with Crippen LogP contribution in [0.5, 0.6) is 0 Å². The van der Waals surface area contributed by atoms with Crippen molar-refractivity contribution in [3.63, 3.8) is 0 Å². The highest BCUT2D eigenvalue weighted by Gasteiger charge is 2.18. The van der Waals surface area contributed by atoms with Crippen LogP contribution in [0.3, 0.4) is 0 Å². The fourth-order valence-electron chi connectivity index (χ4n) is 2.66. The zero-order chi connectivity index (χ0) is 25.1. The molecule has 0 bridgehead atoms. The second-order valence-corrected chi connectivity index (χ2v) is 8.45. The first-order valence-corrected chi connectivity index (χ1v) is 11.6. The van der Waals surface area contributed by atoms with Crippen molar-refractivity contribution in [2.45, 2.75) is 45.8 Å². The Balaban J connectivity index is 2.36. The summed E-state index contributed by atoms with van der Waals surface area (Å²) < 4.78 is 24.1. The Morgan fingerprint density at radius 3 is 2.53 bits per heavy atom. The van der Waals surface area contributed by atoms with Gasteiger partial charge in [0.2, 0.25) is 5.89 Å². The number of oxazole rings is 1. The highest BCUT2D eigenvalue weighted by molar-refractivity contribution is 8.14. The van der Waals surface area contributed by atoms with E-state index in [4.69, 9.17) is 9.15 Å². The van der Waals surface area contributed by atoms with E-state index in [2.05, 4.69) is 21.9 Å². The number of carbonyl (C=O) groups is 1. The van der Waals surface area contributed by atoms with Crippen LogP contribution in [0.1, 0.15) is 56.1 Å². The summed E-state index contributed by atoms with van der Waals surface area (Å²) in [4.78, 5) is 20.7. The Morgan fingerprint density at radius 1 is 1.26 bits per heavy atom. The van der Waals surface area contributed by atoms with Gasteiger partial charge in [0.25, 0.3) is 0 Å². The first-order valence-electron chi connectivity index (χ1n) is 10.7. The number of hydrogen-bond acceptors (Lipinski definition) is 7. The quantitative estimate of drug-likeness (QED) is 0.125. The van der Waals surface area contributed by atoms with E-state index in [1.807, 2.05) is 20.8 Å². The second-order valence-electron chi connectivity index (χ2n) is 7.45. The van der Waals surface area contributed by atoms with Crippen LogP contribution in [-0.4, -0.2) is 23.1 Å². The van der Waals surface area contributed by atoms with Gasteiger partial charge >= 0.3 is 5.97 Å². The molecule has 0 atom stereocenters. The molecule has 0 aliphatic heterocycles. The summed E-state index contributed by atoms with van der Waals surface area (Å²) in [5.74, 6) is -0.270. The van der Waals surface area contributed by atoms with Crippen molar-refractivity contribution in [1.82, 2.24) is 4.98 Å². The van der Waals surface area contributed by atoms with Crippen molar-refractivity contribution in [2.24, 2.45) is 4.99 Å². The molecule has 2 rings (SSSR count). The van der Waals surface area contributed by atoms with Crippen LogP contribution in [0.4, 0.5) is 10.1 Å². The van der Waals surface area contributed by atoms with Crippen LogP contribution < -0.4 is 5.32 Å². The lowest BCUT2D eigenvalue weighted by Crippen LogP contribution is -2.04. The molecule has 180 valence electrons. The summed E-state index contributed by atoms with van der Waals surface area (Å²) >= 11 is 1.32. The Morgan fingerprint density at radius 2 is 1.97 bits per heavy atom. The molecular formula is C26H30FN3O3S. The smallest absolute Gasteiger partial charge is 0.337 e. The summed E-state index contributed by atoms with van der Waals surface area (Å²) in [6.07, 6.45) is 7.09. The zero-order valence-corrected chi connectivity index (χ0v) is 21.0. The fraction of sp³-hybridized carbons (Fsp3) is 0.269. The predicted molar refractivity (Wildman–Crippen MR) is 138 cm³/mol. The average molecular weight is 484 g/mol. The Kier molecular flexibility index (Phi) is 10.5. The molecular weight excluding hydrogens is 453 g/mol. The summed E-state index contributed by atoms with van der Waals surface area (Å²) in [6, 6.07) is 6.95. The summed E-state index contributed by atoms with van der Waals surface area (Å²) in [5.41, 5.74) is 3.77. The van der Waals surface area contributed by atoms with Crippen molar-refractivity contribution in [1.29, 1.82) is 0 Å². The molecule has 0 amide bonds. The molecule has 0 aliphatic carbocycles. The fourth-order valence-corrected chi connectivity index (χ4v) is 3.39. The predicted octanol–water partition coefficient (Wildman–Crippen LogP) is 7.34. The third-order valence-corrected chi connectivity index (χ3v) is 5.40. The van der Waals surface area contributed by atoms with Crippen molar-refractivity contribution in [3.05, 3.63) is 83.8 Å². The Labute approximate surface area is 204 Å². The first-order chi connectivity index (χ1) is 16.3. The van der Waals surface area contributed by atoms with E-state index >= 15 is 0 Å². The highest BCUT2D eigenvalue weighted by atomic mass is 32.2. The average Bonchev–Trinajstić information content (AvgIpc) is 3.22. The Hall–Kier alpha value is -3.39. The van der Waals surface area contributed by atoms with Crippen LogP contribution in [-0.2, 0) is 11.3 Å². The minimum Gasteiger partial charge on any atom is -0.465 e. The monoisotopic (exact) mass is 483 g/mol. The molecule has 0 saturated heterocycles. The molecule has 1 N–H and O–H groups in total. The number of anilines is 1. The molecule has 0 fully saturated rings. The van der Waals surface area contributed by atoms with Gasteiger partial charge in [-0.1, -0.05) is 25.2 Å². The van der Waals surface area contributed by atoms with Crippen molar-refractivity contribution in [3.8, 4) is 0 Å². The van der Waals surface area contributed by atoms with E-state index in [1.165, 1.54) is 31.9 Å². The number of aromatic nitrogens is 1. The van der Waals surface area contributed by atoms with E-state index in [0.29, 0.717) is 40.2 Å². The number of nitrogens with one attached hydrogen (secondary N) is 1. The first kappa shape index (κ1) is 26.9. The maximum absolute atomic E-state index is 13.3. The van der Waals surface area contributed by atoms with Gasteiger partial charge in [-0.05, 0) is 75.4 Å². The largest absolute Gasteiger partial charge is 0.465 e. The molecule has 0 spiro atoms. The summed E-state index contributed by atoms with van der Waals surface area (Å²) in [6.45, 7) is 11.5. The number of halogens is 1. The lowest BCUT2D eigenvalue weighted by atomic mass is 10.2. The molecule has 0 saturated carbocycles. The number of benzene rings is 1. The van der Waals surface area contributed by atoms with E-state index < -0.39 is 5.97 Å². The lowest BCUT2D eigenvalue weighted by Gasteiger charge is -2.06. The number of methoxy groups -OCH3 is 1. The van der Waals surface area contributed by atoms with E-state index in [9.17, 15) is 9.18 Å². The molecule has 6 nitrogen and oxygen atoms in total. The van der Waals surface area contributed by atoms with Crippen LogP contribution in [0.25, 0.3) is 5.57 Å².